The Morgan fingerprint density at radius 2 is 1.67 bits per heavy atom. The van der Waals surface area contributed by atoms with Crippen LogP contribution in [0.5, 0.6) is 5.75 Å². The summed E-state index contributed by atoms with van der Waals surface area (Å²) in [6, 6.07) is 17.2. The summed E-state index contributed by atoms with van der Waals surface area (Å²) in [5.41, 5.74) is 0.206. The van der Waals surface area contributed by atoms with Gasteiger partial charge in [0.1, 0.15) is 5.75 Å². The molecule has 0 aliphatic rings. The van der Waals surface area contributed by atoms with Gasteiger partial charge in [-0.05, 0) is 36.2 Å². The zero-order valence-electron chi connectivity index (χ0n) is 11.7. The van der Waals surface area contributed by atoms with E-state index in [0.29, 0.717) is 13.0 Å². The fourth-order valence-electron chi connectivity index (χ4n) is 2.23. The number of halogens is 1. The first-order chi connectivity index (χ1) is 10.2. The molecule has 2 N–H and O–H groups in total. The minimum Gasteiger partial charge on any atom is -0.494 e. The first-order valence-corrected chi connectivity index (χ1v) is 7.65. The van der Waals surface area contributed by atoms with Crippen LogP contribution in [-0.2, 0) is 5.41 Å². The minimum atomic E-state index is -0.696. The maximum absolute atomic E-state index is 9.79. The third-order valence-electron chi connectivity index (χ3n) is 3.63. The summed E-state index contributed by atoms with van der Waals surface area (Å²) < 4.78 is 6.61. The second-order valence-corrected chi connectivity index (χ2v) is 5.93. The van der Waals surface area contributed by atoms with Gasteiger partial charge in [-0.3, -0.25) is 0 Å². The molecule has 0 unspecified atom stereocenters. The van der Waals surface area contributed by atoms with E-state index in [9.17, 15) is 10.2 Å². The Morgan fingerprint density at radius 1 is 0.952 bits per heavy atom. The Morgan fingerprint density at radius 3 is 2.29 bits per heavy atom. The first-order valence-electron chi connectivity index (χ1n) is 6.86. The predicted octanol–water partition coefficient (Wildman–Crippen LogP) is 3.14. The summed E-state index contributed by atoms with van der Waals surface area (Å²) in [6.07, 6.45) is 0.533. The van der Waals surface area contributed by atoms with E-state index in [4.69, 9.17) is 4.74 Å². The predicted molar refractivity (Wildman–Crippen MR) is 86.5 cm³/mol. The van der Waals surface area contributed by atoms with Gasteiger partial charge in [-0.15, -0.1) is 0 Å². The molecule has 0 aromatic heterocycles. The molecule has 21 heavy (non-hydrogen) atoms. The van der Waals surface area contributed by atoms with Crippen LogP contribution in [0.25, 0.3) is 0 Å². The van der Waals surface area contributed by atoms with E-state index in [0.717, 1.165) is 15.8 Å². The summed E-state index contributed by atoms with van der Waals surface area (Å²) in [7, 11) is 0. The van der Waals surface area contributed by atoms with E-state index >= 15 is 0 Å². The quantitative estimate of drug-likeness (QED) is 0.806. The van der Waals surface area contributed by atoms with E-state index in [1.165, 1.54) is 0 Å². The molecule has 0 amide bonds. The van der Waals surface area contributed by atoms with Gasteiger partial charge in [-0.25, -0.2) is 0 Å². The molecular formula is C17H19BrO3. The SMILES string of the molecule is OCC(CO)(CCOc1ccccc1)c1cccc(Br)c1. The van der Waals surface area contributed by atoms with Gasteiger partial charge in [0.2, 0.25) is 0 Å². The van der Waals surface area contributed by atoms with Crippen LogP contribution in [0.4, 0.5) is 0 Å². The second kappa shape index (κ2) is 7.59. The summed E-state index contributed by atoms with van der Waals surface area (Å²) in [5, 5.41) is 19.6. The maximum Gasteiger partial charge on any atom is 0.119 e. The van der Waals surface area contributed by atoms with E-state index in [1.807, 2.05) is 54.6 Å². The number of hydrogen-bond acceptors (Lipinski definition) is 3. The van der Waals surface area contributed by atoms with E-state index in [-0.39, 0.29) is 13.2 Å². The highest BCUT2D eigenvalue weighted by Crippen LogP contribution is 2.29. The van der Waals surface area contributed by atoms with Gasteiger partial charge in [0.05, 0.1) is 19.8 Å². The van der Waals surface area contributed by atoms with Crippen LogP contribution in [0.15, 0.2) is 59.1 Å². The van der Waals surface area contributed by atoms with Crippen molar-refractivity contribution in [2.24, 2.45) is 0 Å². The molecule has 0 saturated carbocycles. The van der Waals surface area contributed by atoms with Crippen LogP contribution >= 0.6 is 15.9 Å². The molecule has 0 fully saturated rings. The molecule has 0 heterocycles. The van der Waals surface area contributed by atoms with Crippen molar-refractivity contribution in [1.82, 2.24) is 0 Å². The number of para-hydroxylation sites is 1. The molecule has 0 bridgehead atoms. The Balaban J connectivity index is 2.08. The number of ether oxygens (including phenoxy) is 1. The molecule has 2 aromatic rings. The lowest BCUT2D eigenvalue weighted by atomic mass is 9.79. The van der Waals surface area contributed by atoms with Gasteiger partial charge in [0.25, 0.3) is 0 Å². The molecule has 0 aliphatic heterocycles. The van der Waals surface area contributed by atoms with Crippen molar-refractivity contribution < 1.29 is 14.9 Å². The van der Waals surface area contributed by atoms with Crippen molar-refractivity contribution in [3.05, 3.63) is 64.6 Å². The third kappa shape index (κ3) is 4.06. The van der Waals surface area contributed by atoms with Crippen molar-refractivity contribution in [2.45, 2.75) is 11.8 Å². The first kappa shape index (κ1) is 16.0. The summed E-state index contributed by atoms with van der Waals surface area (Å²) in [4.78, 5) is 0. The molecule has 0 radical (unpaired) electrons. The Hall–Kier alpha value is -1.36. The number of aliphatic hydroxyl groups is 2. The smallest absolute Gasteiger partial charge is 0.119 e. The minimum absolute atomic E-state index is 0.127. The Kier molecular flexibility index (Phi) is 5.79. The van der Waals surface area contributed by atoms with Crippen LogP contribution in [0, 0.1) is 0 Å². The molecule has 0 atom stereocenters. The van der Waals surface area contributed by atoms with Crippen LogP contribution in [-0.4, -0.2) is 30.0 Å². The lowest BCUT2D eigenvalue weighted by Crippen LogP contribution is -2.36. The topological polar surface area (TPSA) is 49.7 Å². The maximum atomic E-state index is 9.79. The van der Waals surface area contributed by atoms with Crippen molar-refractivity contribution in [2.75, 3.05) is 19.8 Å². The van der Waals surface area contributed by atoms with E-state index in [2.05, 4.69) is 15.9 Å². The van der Waals surface area contributed by atoms with Crippen LogP contribution in [0.2, 0.25) is 0 Å². The standard InChI is InChI=1S/C17H19BrO3/c18-15-6-4-5-14(11-15)17(12-19,13-20)9-10-21-16-7-2-1-3-8-16/h1-8,11,19-20H,9-10,12-13H2. The zero-order valence-corrected chi connectivity index (χ0v) is 13.3. The highest BCUT2D eigenvalue weighted by Gasteiger charge is 2.31. The number of hydrogen-bond donors (Lipinski definition) is 2. The van der Waals surface area contributed by atoms with Gasteiger partial charge in [-0.1, -0.05) is 46.3 Å². The Bertz CT molecular complexity index is 553. The summed E-state index contributed by atoms with van der Waals surface area (Å²) in [6.45, 7) is 0.174. The fraction of sp³-hybridized carbons (Fsp3) is 0.294. The van der Waals surface area contributed by atoms with Crippen molar-refractivity contribution >= 4 is 15.9 Å². The van der Waals surface area contributed by atoms with Gasteiger partial charge >= 0.3 is 0 Å². The normalized spacial score (nSPS) is 11.4. The number of aliphatic hydroxyl groups excluding tert-OH is 2. The van der Waals surface area contributed by atoms with Crippen molar-refractivity contribution in [1.29, 1.82) is 0 Å². The van der Waals surface area contributed by atoms with Gasteiger partial charge in [0, 0.05) is 9.89 Å². The summed E-state index contributed by atoms with van der Waals surface area (Å²) in [5.74, 6) is 0.788. The number of benzene rings is 2. The molecular weight excluding hydrogens is 332 g/mol. The van der Waals surface area contributed by atoms with Crippen LogP contribution in [0.3, 0.4) is 0 Å². The molecule has 4 heteroatoms. The van der Waals surface area contributed by atoms with Crippen molar-refractivity contribution in [3.63, 3.8) is 0 Å². The monoisotopic (exact) mass is 350 g/mol. The second-order valence-electron chi connectivity index (χ2n) is 5.02. The Labute approximate surface area is 133 Å². The highest BCUT2D eigenvalue weighted by atomic mass is 79.9. The van der Waals surface area contributed by atoms with Gasteiger partial charge < -0.3 is 14.9 Å². The van der Waals surface area contributed by atoms with Crippen molar-refractivity contribution in [3.8, 4) is 5.75 Å². The average Bonchev–Trinajstić information content (AvgIpc) is 2.53. The summed E-state index contributed by atoms with van der Waals surface area (Å²) >= 11 is 3.42. The average molecular weight is 351 g/mol. The highest BCUT2D eigenvalue weighted by molar-refractivity contribution is 9.10. The lowest BCUT2D eigenvalue weighted by Gasteiger charge is -2.30. The molecule has 0 spiro atoms. The molecule has 3 nitrogen and oxygen atoms in total. The zero-order chi connectivity index (χ0) is 15.1. The fourth-order valence-corrected chi connectivity index (χ4v) is 2.63. The molecule has 2 rings (SSSR count). The van der Waals surface area contributed by atoms with Crippen LogP contribution in [0.1, 0.15) is 12.0 Å². The molecule has 0 aliphatic carbocycles. The molecule has 2 aromatic carbocycles. The molecule has 112 valence electrons. The molecule has 0 saturated heterocycles. The van der Waals surface area contributed by atoms with E-state index < -0.39 is 5.41 Å². The number of rotatable bonds is 7. The largest absolute Gasteiger partial charge is 0.494 e. The van der Waals surface area contributed by atoms with Crippen LogP contribution < -0.4 is 4.74 Å². The van der Waals surface area contributed by atoms with Gasteiger partial charge in [-0.2, -0.15) is 0 Å². The third-order valence-corrected chi connectivity index (χ3v) is 4.13. The van der Waals surface area contributed by atoms with Gasteiger partial charge in [0.15, 0.2) is 0 Å². The van der Waals surface area contributed by atoms with E-state index in [1.54, 1.807) is 0 Å². The lowest BCUT2D eigenvalue weighted by molar-refractivity contribution is 0.0951.